The number of amides is 1. The van der Waals surface area contributed by atoms with Gasteiger partial charge < -0.3 is 15.2 Å². The van der Waals surface area contributed by atoms with E-state index in [-0.39, 0.29) is 16.2 Å². The van der Waals surface area contributed by atoms with Crippen LogP contribution in [0.15, 0.2) is 53.4 Å². The molecule has 0 bridgehead atoms. The number of anilines is 1. The molecular formula is C21H25N2O5S-. The van der Waals surface area contributed by atoms with Crippen molar-refractivity contribution < 1.29 is 23.1 Å². The Morgan fingerprint density at radius 1 is 1.00 bits per heavy atom. The number of hydrogen-bond acceptors (Lipinski definition) is 5. The van der Waals surface area contributed by atoms with Gasteiger partial charge in [-0.05, 0) is 40.8 Å². The number of sulfonamides is 1. The van der Waals surface area contributed by atoms with Crippen LogP contribution in [0.25, 0.3) is 0 Å². The van der Waals surface area contributed by atoms with Crippen molar-refractivity contribution in [3.05, 3.63) is 59.7 Å². The summed E-state index contributed by atoms with van der Waals surface area (Å²) in [5.41, 5.74) is 1.95. The standard InChI is InChI=1S/C21H26N2O5S/c1-14(24)22-17-9-11-18(12-10-17)29(27,28)23-19(13-20(25)26)15-5-7-16(8-6-15)21(2,3)4/h5-12,19,23H,13H2,1-4H3,(H,22,24)(H,25,26)/p-1/t19-/m0/s1. The van der Waals surface area contributed by atoms with E-state index in [1.165, 1.54) is 31.2 Å². The van der Waals surface area contributed by atoms with Gasteiger partial charge in [0, 0.05) is 25.0 Å². The van der Waals surface area contributed by atoms with E-state index in [2.05, 4.69) is 10.0 Å². The zero-order valence-electron chi connectivity index (χ0n) is 16.9. The van der Waals surface area contributed by atoms with Crippen molar-refractivity contribution in [3.8, 4) is 0 Å². The highest BCUT2D eigenvalue weighted by Gasteiger charge is 2.22. The van der Waals surface area contributed by atoms with Crippen LogP contribution >= 0.6 is 0 Å². The van der Waals surface area contributed by atoms with E-state index in [0.29, 0.717) is 11.3 Å². The van der Waals surface area contributed by atoms with E-state index in [9.17, 15) is 23.1 Å². The zero-order valence-corrected chi connectivity index (χ0v) is 17.7. The number of aliphatic carboxylic acids is 1. The maximum atomic E-state index is 12.7. The van der Waals surface area contributed by atoms with E-state index in [1.54, 1.807) is 12.1 Å². The highest BCUT2D eigenvalue weighted by Crippen LogP contribution is 2.26. The number of carbonyl (C=O) groups is 2. The SMILES string of the molecule is CC(=O)Nc1ccc(S(=O)(=O)N[C@@H](CC(=O)[O-])c2ccc(C(C)(C)C)cc2)cc1. The number of benzene rings is 2. The monoisotopic (exact) mass is 417 g/mol. The number of rotatable bonds is 7. The van der Waals surface area contributed by atoms with Crippen LogP contribution in [0.3, 0.4) is 0 Å². The molecule has 1 amide bonds. The Bertz CT molecular complexity index is 975. The second kappa shape index (κ2) is 8.75. The second-order valence-electron chi connectivity index (χ2n) is 7.83. The summed E-state index contributed by atoms with van der Waals surface area (Å²) in [6, 6.07) is 11.8. The molecule has 156 valence electrons. The predicted molar refractivity (Wildman–Crippen MR) is 109 cm³/mol. The second-order valence-corrected chi connectivity index (χ2v) is 9.54. The van der Waals surface area contributed by atoms with Gasteiger partial charge in [0.15, 0.2) is 0 Å². The average molecular weight is 418 g/mol. The summed E-state index contributed by atoms with van der Waals surface area (Å²) in [6.07, 6.45) is -0.502. The van der Waals surface area contributed by atoms with E-state index in [0.717, 1.165) is 5.56 Å². The van der Waals surface area contributed by atoms with Gasteiger partial charge >= 0.3 is 0 Å². The Balaban J connectivity index is 2.28. The predicted octanol–water partition coefficient (Wildman–Crippen LogP) is 2.10. The van der Waals surface area contributed by atoms with Gasteiger partial charge in [-0.2, -0.15) is 0 Å². The van der Waals surface area contributed by atoms with Crippen molar-refractivity contribution in [2.45, 2.75) is 50.5 Å². The fraction of sp³-hybridized carbons (Fsp3) is 0.333. The topological polar surface area (TPSA) is 115 Å². The highest BCUT2D eigenvalue weighted by atomic mass is 32.2. The summed E-state index contributed by atoms with van der Waals surface area (Å²) in [7, 11) is -3.99. The number of carboxylic acid groups (broad SMARTS) is 1. The molecule has 2 N–H and O–H groups in total. The Kier molecular flexibility index (Phi) is 6.81. The highest BCUT2D eigenvalue weighted by molar-refractivity contribution is 7.89. The van der Waals surface area contributed by atoms with Gasteiger partial charge in [0.05, 0.1) is 10.9 Å². The van der Waals surface area contributed by atoms with Crippen LogP contribution in [0.5, 0.6) is 0 Å². The van der Waals surface area contributed by atoms with Crippen molar-refractivity contribution in [1.29, 1.82) is 0 Å². The van der Waals surface area contributed by atoms with Gasteiger partial charge in [-0.1, -0.05) is 45.0 Å². The first-order chi connectivity index (χ1) is 13.4. The van der Waals surface area contributed by atoms with Crippen LogP contribution in [0, 0.1) is 0 Å². The minimum Gasteiger partial charge on any atom is -0.550 e. The lowest BCUT2D eigenvalue weighted by molar-refractivity contribution is -0.306. The quantitative estimate of drug-likeness (QED) is 0.716. The molecular weight excluding hydrogens is 392 g/mol. The largest absolute Gasteiger partial charge is 0.550 e. The molecule has 0 aliphatic rings. The fourth-order valence-corrected chi connectivity index (χ4v) is 4.01. The first kappa shape index (κ1) is 22.6. The first-order valence-corrected chi connectivity index (χ1v) is 10.6. The minimum atomic E-state index is -3.99. The molecule has 2 aromatic rings. The summed E-state index contributed by atoms with van der Waals surface area (Å²) in [6.45, 7) is 7.50. The van der Waals surface area contributed by atoms with Crippen LogP contribution in [0.2, 0.25) is 0 Å². The molecule has 2 aromatic carbocycles. The Morgan fingerprint density at radius 3 is 2.00 bits per heavy atom. The lowest BCUT2D eigenvalue weighted by Gasteiger charge is -2.23. The van der Waals surface area contributed by atoms with Gasteiger partial charge in [0.25, 0.3) is 0 Å². The van der Waals surface area contributed by atoms with Crippen LogP contribution in [0.1, 0.15) is 51.3 Å². The molecule has 0 radical (unpaired) electrons. The summed E-state index contributed by atoms with van der Waals surface area (Å²) in [5, 5.41) is 13.7. The maximum absolute atomic E-state index is 12.7. The Hall–Kier alpha value is -2.71. The molecule has 0 spiro atoms. The fourth-order valence-electron chi connectivity index (χ4n) is 2.79. The van der Waals surface area contributed by atoms with Gasteiger partial charge in [-0.15, -0.1) is 0 Å². The average Bonchev–Trinajstić information content (AvgIpc) is 2.60. The summed E-state index contributed by atoms with van der Waals surface area (Å²) in [4.78, 5) is 22.2. The third kappa shape index (κ3) is 6.40. The van der Waals surface area contributed by atoms with Crippen molar-refractivity contribution in [2.75, 3.05) is 5.32 Å². The lowest BCUT2D eigenvalue weighted by atomic mass is 9.86. The summed E-state index contributed by atoms with van der Waals surface area (Å²) in [5.74, 6) is -1.63. The number of nitrogens with one attached hydrogen (secondary N) is 2. The molecule has 0 unspecified atom stereocenters. The van der Waals surface area contributed by atoms with Crippen LogP contribution in [0.4, 0.5) is 5.69 Å². The van der Waals surface area contributed by atoms with E-state index >= 15 is 0 Å². The van der Waals surface area contributed by atoms with Crippen LogP contribution in [-0.2, 0) is 25.0 Å². The van der Waals surface area contributed by atoms with E-state index < -0.39 is 28.5 Å². The normalized spacial score (nSPS) is 13.0. The Morgan fingerprint density at radius 2 is 1.55 bits per heavy atom. The Labute approximate surface area is 171 Å². The lowest BCUT2D eigenvalue weighted by Crippen LogP contribution is -2.34. The van der Waals surface area contributed by atoms with E-state index in [1.807, 2.05) is 32.9 Å². The first-order valence-electron chi connectivity index (χ1n) is 9.09. The number of carboxylic acids is 1. The zero-order chi connectivity index (χ0) is 21.8. The van der Waals surface area contributed by atoms with Gasteiger partial charge in [-0.3, -0.25) is 4.79 Å². The summed E-state index contributed by atoms with van der Waals surface area (Å²) >= 11 is 0. The van der Waals surface area contributed by atoms with Gasteiger partial charge in [0.2, 0.25) is 15.9 Å². The van der Waals surface area contributed by atoms with Crippen molar-refractivity contribution in [2.24, 2.45) is 0 Å². The molecule has 0 aromatic heterocycles. The third-order valence-corrected chi connectivity index (χ3v) is 5.82. The third-order valence-electron chi connectivity index (χ3n) is 4.33. The van der Waals surface area contributed by atoms with Gasteiger partial charge in [0.1, 0.15) is 0 Å². The maximum Gasteiger partial charge on any atom is 0.241 e. The number of hydrogen-bond donors (Lipinski definition) is 2. The smallest absolute Gasteiger partial charge is 0.241 e. The molecule has 1 atom stereocenters. The molecule has 0 saturated heterocycles. The van der Waals surface area contributed by atoms with Crippen molar-refractivity contribution >= 4 is 27.6 Å². The van der Waals surface area contributed by atoms with Crippen LogP contribution < -0.4 is 15.1 Å². The molecule has 0 fully saturated rings. The molecule has 2 rings (SSSR count). The van der Waals surface area contributed by atoms with Crippen LogP contribution in [-0.4, -0.2) is 20.3 Å². The molecule has 0 aliphatic carbocycles. The van der Waals surface area contributed by atoms with Crippen molar-refractivity contribution in [1.82, 2.24) is 4.72 Å². The molecule has 0 saturated carbocycles. The van der Waals surface area contributed by atoms with Crippen molar-refractivity contribution in [3.63, 3.8) is 0 Å². The molecule has 29 heavy (non-hydrogen) atoms. The summed E-state index contributed by atoms with van der Waals surface area (Å²) < 4.78 is 27.9. The molecule has 8 heteroatoms. The van der Waals surface area contributed by atoms with Gasteiger partial charge in [-0.25, -0.2) is 13.1 Å². The molecule has 7 nitrogen and oxygen atoms in total. The minimum absolute atomic E-state index is 0.0405. The molecule has 0 aliphatic heterocycles. The number of carbonyl (C=O) groups excluding carboxylic acids is 2. The molecule has 0 heterocycles. The van der Waals surface area contributed by atoms with E-state index in [4.69, 9.17) is 0 Å².